The van der Waals surface area contributed by atoms with E-state index in [1.165, 1.54) is 0 Å². The predicted octanol–water partition coefficient (Wildman–Crippen LogP) is 4.00. The summed E-state index contributed by atoms with van der Waals surface area (Å²) in [6, 6.07) is 5.00. The van der Waals surface area contributed by atoms with Crippen molar-refractivity contribution in [3.63, 3.8) is 0 Å². The third-order valence-electron chi connectivity index (χ3n) is 3.01. The van der Waals surface area contributed by atoms with E-state index in [2.05, 4.69) is 5.32 Å². The summed E-state index contributed by atoms with van der Waals surface area (Å²) in [6.45, 7) is 1.73. The van der Waals surface area contributed by atoms with Crippen LogP contribution in [0, 0.1) is 5.92 Å². The molecule has 1 saturated heterocycles. The lowest BCUT2D eigenvalue weighted by Crippen LogP contribution is -2.32. The number of halogens is 3. The van der Waals surface area contributed by atoms with Crippen molar-refractivity contribution < 1.29 is 4.39 Å². The van der Waals surface area contributed by atoms with Gasteiger partial charge in [0, 0.05) is 12.5 Å². The van der Waals surface area contributed by atoms with Crippen LogP contribution < -0.4 is 5.32 Å². The maximum Gasteiger partial charge on any atom is 0.129 e. The molecule has 2 unspecified atom stereocenters. The number of nitrogens with one attached hydrogen (secondary N) is 1. The highest BCUT2D eigenvalue weighted by molar-refractivity contribution is 6.42. The van der Waals surface area contributed by atoms with Crippen molar-refractivity contribution in [1.29, 1.82) is 0 Å². The molecule has 2 atom stereocenters. The average molecular weight is 262 g/mol. The number of benzene rings is 1. The standard InChI is InChI=1S/C12H14Cl2FN/c13-10-4-3-8(6-11(10)14)12(15)9-2-1-5-16-7-9/h3-4,6,9,12,16H,1-2,5,7H2. The van der Waals surface area contributed by atoms with Crippen molar-refractivity contribution in [2.24, 2.45) is 5.92 Å². The van der Waals surface area contributed by atoms with Crippen LogP contribution in [0.1, 0.15) is 24.6 Å². The molecule has 4 heteroatoms. The summed E-state index contributed by atoms with van der Waals surface area (Å²) in [5.41, 5.74) is 0.628. The highest BCUT2D eigenvalue weighted by Gasteiger charge is 2.24. The molecule has 1 aromatic carbocycles. The van der Waals surface area contributed by atoms with E-state index in [1.54, 1.807) is 18.2 Å². The van der Waals surface area contributed by atoms with Crippen LogP contribution in [0.2, 0.25) is 10.0 Å². The molecule has 0 spiro atoms. The van der Waals surface area contributed by atoms with E-state index in [4.69, 9.17) is 23.2 Å². The van der Waals surface area contributed by atoms with Gasteiger partial charge in [-0.3, -0.25) is 0 Å². The first kappa shape index (κ1) is 12.2. The van der Waals surface area contributed by atoms with Gasteiger partial charge in [-0.25, -0.2) is 4.39 Å². The highest BCUT2D eigenvalue weighted by Crippen LogP contribution is 2.33. The van der Waals surface area contributed by atoms with Crippen LogP contribution in [0.25, 0.3) is 0 Å². The molecule has 16 heavy (non-hydrogen) atoms. The lowest BCUT2D eigenvalue weighted by Gasteiger charge is -2.26. The minimum absolute atomic E-state index is 0.0472. The molecular formula is C12H14Cl2FN. The van der Waals surface area contributed by atoms with Crippen molar-refractivity contribution in [3.05, 3.63) is 33.8 Å². The van der Waals surface area contributed by atoms with Crippen LogP contribution in [-0.4, -0.2) is 13.1 Å². The summed E-state index contributed by atoms with van der Waals surface area (Å²) < 4.78 is 14.2. The van der Waals surface area contributed by atoms with E-state index in [0.717, 1.165) is 25.9 Å². The van der Waals surface area contributed by atoms with Gasteiger partial charge in [-0.05, 0) is 37.1 Å². The zero-order valence-electron chi connectivity index (χ0n) is 8.85. The number of hydrogen-bond acceptors (Lipinski definition) is 1. The molecule has 1 aliphatic heterocycles. The first-order chi connectivity index (χ1) is 7.68. The molecule has 1 heterocycles. The maximum absolute atomic E-state index is 14.2. The number of rotatable bonds is 2. The Morgan fingerprint density at radius 2 is 2.12 bits per heavy atom. The Morgan fingerprint density at radius 1 is 1.31 bits per heavy atom. The van der Waals surface area contributed by atoms with Gasteiger partial charge in [0.25, 0.3) is 0 Å². The molecule has 0 aromatic heterocycles. The normalized spacial score (nSPS) is 23.1. The fourth-order valence-corrected chi connectivity index (χ4v) is 2.39. The Balaban J connectivity index is 2.12. The Hall–Kier alpha value is -0.310. The topological polar surface area (TPSA) is 12.0 Å². The van der Waals surface area contributed by atoms with Gasteiger partial charge in [0.15, 0.2) is 0 Å². The van der Waals surface area contributed by atoms with Crippen molar-refractivity contribution in [1.82, 2.24) is 5.32 Å². The lowest BCUT2D eigenvalue weighted by atomic mass is 9.90. The largest absolute Gasteiger partial charge is 0.316 e. The van der Waals surface area contributed by atoms with Crippen LogP contribution in [0.3, 0.4) is 0 Å². The van der Waals surface area contributed by atoms with Crippen molar-refractivity contribution >= 4 is 23.2 Å². The molecule has 88 valence electrons. The lowest BCUT2D eigenvalue weighted by molar-refractivity contribution is 0.194. The smallest absolute Gasteiger partial charge is 0.129 e. The molecule has 2 rings (SSSR count). The van der Waals surface area contributed by atoms with Crippen molar-refractivity contribution in [3.8, 4) is 0 Å². The maximum atomic E-state index is 14.2. The van der Waals surface area contributed by atoms with Gasteiger partial charge in [-0.15, -0.1) is 0 Å². The van der Waals surface area contributed by atoms with Crippen molar-refractivity contribution in [2.75, 3.05) is 13.1 Å². The minimum atomic E-state index is -0.956. The highest BCUT2D eigenvalue weighted by atomic mass is 35.5. The van der Waals surface area contributed by atoms with Gasteiger partial charge < -0.3 is 5.32 Å². The third kappa shape index (κ3) is 2.68. The summed E-state index contributed by atoms with van der Waals surface area (Å²) in [5.74, 6) is 0.0472. The molecule has 1 N–H and O–H groups in total. The Morgan fingerprint density at radius 3 is 2.75 bits per heavy atom. The van der Waals surface area contributed by atoms with Gasteiger partial charge in [0.2, 0.25) is 0 Å². The molecular weight excluding hydrogens is 248 g/mol. The molecule has 0 amide bonds. The second-order valence-electron chi connectivity index (χ2n) is 4.18. The van der Waals surface area contributed by atoms with Gasteiger partial charge in [0.05, 0.1) is 10.0 Å². The van der Waals surface area contributed by atoms with Gasteiger partial charge in [-0.1, -0.05) is 29.3 Å². The Labute approximate surface area is 105 Å². The summed E-state index contributed by atoms with van der Waals surface area (Å²) >= 11 is 11.7. The second kappa shape index (κ2) is 5.35. The SMILES string of the molecule is FC(c1ccc(Cl)c(Cl)c1)C1CCCNC1. The van der Waals surface area contributed by atoms with Crippen LogP contribution in [0.15, 0.2) is 18.2 Å². The Bertz CT molecular complexity index is 364. The molecule has 0 aliphatic carbocycles. The van der Waals surface area contributed by atoms with Crippen molar-refractivity contribution in [2.45, 2.75) is 19.0 Å². The van der Waals surface area contributed by atoms with E-state index in [1.807, 2.05) is 0 Å². The molecule has 0 radical (unpaired) electrons. The summed E-state index contributed by atoms with van der Waals surface area (Å²) in [5, 5.41) is 4.11. The van der Waals surface area contributed by atoms with Gasteiger partial charge in [0.1, 0.15) is 6.17 Å². The monoisotopic (exact) mass is 261 g/mol. The minimum Gasteiger partial charge on any atom is -0.316 e. The summed E-state index contributed by atoms with van der Waals surface area (Å²) in [4.78, 5) is 0. The molecule has 1 nitrogen and oxygen atoms in total. The zero-order valence-corrected chi connectivity index (χ0v) is 10.4. The third-order valence-corrected chi connectivity index (χ3v) is 3.75. The van der Waals surface area contributed by atoms with Gasteiger partial charge >= 0.3 is 0 Å². The zero-order chi connectivity index (χ0) is 11.5. The number of piperidine rings is 1. The van der Waals surface area contributed by atoms with Crippen LogP contribution in [-0.2, 0) is 0 Å². The number of alkyl halides is 1. The average Bonchev–Trinajstić information content (AvgIpc) is 2.33. The summed E-state index contributed by atoms with van der Waals surface area (Å²) in [7, 11) is 0. The van der Waals surface area contributed by atoms with E-state index >= 15 is 0 Å². The van der Waals surface area contributed by atoms with E-state index < -0.39 is 6.17 Å². The van der Waals surface area contributed by atoms with Crippen LogP contribution in [0.4, 0.5) is 4.39 Å². The van der Waals surface area contributed by atoms with E-state index in [0.29, 0.717) is 15.6 Å². The second-order valence-corrected chi connectivity index (χ2v) is 5.00. The Kier molecular flexibility index (Phi) is 4.06. The molecule has 1 fully saturated rings. The molecule has 0 bridgehead atoms. The van der Waals surface area contributed by atoms with Gasteiger partial charge in [-0.2, -0.15) is 0 Å². The molecule has 1 aromatic rings. The van der Waals surface area contributed by atoms with E-state index in [9.17, 15) is 4.39 Å². The predicted molar refractivity (Wildman–Crippen MR) is 65.9 cm³/mol. The quantitative estimate of drug-likeness (QED) is 0.849. The fourth-order valence-electron chi connectivity index (χ4n) is 2.08. The molecule has 0 saturated carbocycles. The van der Waals surface area contributed by atoms with Crippen LogP contribution in [0.5, 0.6) is 0 Å². The number of hydrogen-bond donors (Lipinski definition) is 1. The van der Waals surface area contributed by atoms with Crippen LogP contribution >= 0.6 is 23.2 Å². The first-order valence-corrected chi connectivity index (χ1v) is 6.24. The fraction of sp³-hybridized carbons (Fsp3) is 0.500. The van der Waals surface area contributed by atoms with E-state index in [-0.39, 0.29) is 5.92 Å². The molecule has 1 aliphatic rings. The first-order valence-electron chi connectivity index (χ1n) is 5.48. The summed E-state index contributed by atoms with van der Waals surface area (Å²) in [6.07, 6.45) is 1.00.